The smallest absolute Gasteiger partial charge is 0.345 e. The molecule has 0 bridgehead atoms. The summed E-state index contributed by atoms with van der Waals surface area (Å²) in [7, 11) is 3.05. The van der Waals surface area contributed by atoms with Gasteiger partial charge >= 0.3 is 10.2 Å². The quantitative estimate of drug-likeness (QED) is 0.672. The van der Waals surface area contributed by atoms with Gasteiger partial charge in [0, 0.05) is 24.4 Å². The number of amides is 1. The predicted octanol–water partition coefficient (Wildman–Crippen LogP) is 2.22. The molecule has 1 heterocycles. The summed E-state index contributed by atoms with van der Waals surface area (Å²) in [6.45, 7) is 0. The van der Waals surface area contributed by atoms with Gasteiger partial charge in [-0.05, 0) is 36.4 Å². The number of likely N-dealkylation sites (N-methyl/N-ethyl adjacent to an activating group) is 1. The van der Waals surface area contributed by atoms with Crippen LogP contribution in [0.5, 0.6) is 23.0 Å². The molecule has 0 saturated carbocycles. The third-order valence-electron chi connectivity index (χ3n) is 4.73. The van der Waals surface area contributed by atoms with Crippen molar-refractivity contribution in [3.63, 3.8) is 0 Å². The van der Waals surface area contributed by atoms with Crippen LogP contribution in [0.25, 0.3) is 0 Å². The molecule has 2 aromatic carbocycles. The van der Waals surface area contributed by atoms with Gasteiger partial charge in [0.1, 0.15) is 5.70 Å². The fourth-order valence-electron chi connectivity index (χ4n) is 3.01. The molecule has 0 radical (unpaired) electrons. The first-order chi connectivity index (χ1) is 15.2. The molecular weight excluding hydrogens is 438 g/mol. The van der Waals surface area contributed by atoms with E-state index in [1.54, 1.807) is 36.4 Å². The van der Waals surface area contributed by atoms with Crippen molar-refractivity contribution in [3.05, 3.63) is 53.7 Å². The zero-order valence-corrected chi connectivity index (χ0v) is 19.0. The van der Waals surface area contributed by atoms with E-state index in [-0.39, 0.29) is 11.4 Å². The average Bonchev–Trinajstić information content (AvgIpc) is 2.79. The lowest BCUT2D eigenvalue weighted by molar-refractivity contribution is -0.113. The zero-order chi connectivity index (χ0) is 23.5. The van der Waals surface area contributed by atoms with Gasteiger partial charge in [-0.15, -0.1) is 4.40 Å². The summed E-state index contributed by atoms with van der Waals surface area (Å²) in [5.41, 5.74) is 0.811. The summed E-state index contributed by atoms with van der Waals surface area (Å²) >= 11 is 0. The minimum Gasteiger partial charge on any atom is -0.493 e. The van der Waals surface area contributed by atoms with E-state index in [9.17, 15) is 13.2 Å². The van der Waals surface area contributed by atoms with Crippen LogP contribution in [-0.2, 0) is 15.0 Å². The van der Waals surface area contributed by atoms with Gasteiger partial charge in [0.2, 0.25) is 0 Å². The molecule has 0 unspecified atom stereocenters. The average molecular weight is 461 g/mol. The van der Waals surface area contributed by atoms with Crippen LogP contribution in [0, 0.1) is 0 Å². The highest BCUT2D eigenvalue weighted by molar-refractivity contribution is 7.88. The van der Waals surface area contributed by atoms with Crippen molar-refractivity contribution in [2.24, 2.45) is 4.40 Å². The van der Waals surface area contributed by atoms with E-state index in [0.29, 0.717) is 34.2 Å². The maximum Gasteiger partial charge on any atom is 0.345 e. The molecule has 0 aliphatic carbocycles. The first kappa shape index (κ1) is 22.9. The largest absolute Gasteiger partial charge is 0.493 e. The molecule has 170 valence electrons. The Morgan fingerprint density at radius 2 is 1.44 bits per heavy atom. The molecule has 2 aromatic rings. The second kappa shape index (κ2) is 9.18. The van der Waals surface area contributed by atoms with Crippen molar-refractivity contribution in [1.29, 1.82) is 0 Å². The molecule has 1 amide bonds. The fourth-order valence-corrected chi connectivity index (χ4v) is 3.92. The minimum absolute atomic E-state index is 0.0847. The van der Waals surface area contributed by atoms with Gasteiger partial charge < -0.3 is 24.3 Å². The third-order valence-corrected chi connectivity index (χ3v) is 6.04. The number of methoxy groups -OCH3 is 4. The van der Waals surface area contributed by atoms with E-state index < -0.39 is 16.1 Å². The first-order valence-electron chi connectivity index (χ1n) is 9.30. The van der Waals surface area contributed by atoms with Crippen molar-refractivity contribution in [3.8, 4) is 23.0 Å². The van der Waals surface area contributed by atoms with E-state index in [2.05, 4.69) is 9.71 Å². The highest BCUT2D eigenvalue weighted by Crippen LogP contribution is 2.31. The molecule has 1 aliphatic rings. The van der Waals surface area contributed by atoms with Crippen LogP contribution in [0.15, 0.2) is 52.6 Å². The number of carbonyl (C=O) groups is 1. The highest BCUT2D eigenvalue weighted by Gasteiger charge is 2.30. The molecule has 0 saturated heterocycles. The Morgan fingerprint density at radius 1 is 0.875 bits per heavy atom. The standard InChI is InChI=1S/C21H23N3O7S/c1-24-16(21(25)22-14-7-9-18(29-3)20(11-14)31-5)12-15(23-32(24,26)27)13-6-8-17(28-2)19(10-13)30-4/h6-12H,1-5H3,(H,22,25). The van der Waals surface area contributed by atoms with Gasteiger partial charge in [0.25, 0.3) is 5.91 Å². The second-order valence-electron chi connectivity index (χ2n) is 6.55. The van der Waals surface area contributed by atoms with Crippen LogP contribution in [0.3, 0.4) is 0 Å². The van der Waals surface area contributed by atoms with Gasteiger partial charge in [-0.1, -0.05) is 0 Å². The maximum atomic E-state index is 13.0. The van der Waals surface area contributed by atoms with Crippen LogP contribution in [0.2, 0.25) is 0 Å². The Kier molecular flexibility index (Phi) is 6.58. The van der Waals surface area contributed by atoms with E-state index in [1.165, 1.54) is 41.6 Å². The maximum absolute atomic E-state index is 13.0. The van der Waals surface area contributed by atoms with E-state index >= 15 is 0 Å². The number of benzene rings is 2. The topological polar surface area (TPSA) is 116 Å². The Hall–Kier alpha value is -3.73. The number of nitrogens with zero attached hydrogens (tertiary/aromatic N) is 2. The Labute approximate surface area is 186 Å². The van der Waals surface area contributed by atoms with Crippen molar-refractivity contribution < 1.29 is 32.2 Å². The number of allylic oxidation sites excluding steroid dienone is 1. The number of anilines is 1. The van der Waals surface area contributed by atoms with Gasteiger partial charge in [-0.25, -0.2) is 4.31 Å². The summed E-state index contributed by atoms with van der Waals surface area (Å²) < 4.78 is 50.8. The SMILES string of the molecule is COc1ccc(NC(=O)C2=CC(c3ccc(OC)c(OC)c3)=NS(=O)(=O)N2C)cc1OC. The van der Waals surface area contributed by atoms with Crippen LogP contribution in [0.1, 0.15) is 5.56 Å². The summed E-state index contributed by atoms with van der Waals surface area (Å²) in [4.78, 5) is 13.0. The molecule has 10 nitrogen and oxygen atoms in total. The first-order valence-corrected chi connectivity index (χ1v) is 10.7. The summed E-state index contributed by atoms with van der Waals surface area (Å²) in [5.74, 6) is 1.13. The van der Waals surface area contributed by atoms with Gasteiger partial charge in [0.15, 0.2) is 23.0 Å². The number of ether oxygens (including phenoxy) is 4. The van der Waals surface area contributed by atoms with Crippen molar-refractivity contribution in [1.82, 2.24) is 4.31 Å². The fraction of sp³-hybridized carbons (Fsp3) is 0.238. The molecule has 3 rings (SSSR count). The molecule has 0 aromatic heterocycles. The van der Waals surface area contributed by atoms with E-state index in [0.717, 1.165) is 4.31 Å². The second-order valence-corrected chi connectivity index (χ2v) is 8.17. The monoisotopic (exact) mass is 461 g/mol. The molecular formula is C21H23N3O7S. The lowest BCUT2D eigenvalue weighted by atomic mass is 10.1. The number of hydrogen-bond acceptors (Lipinski definition) is 7. The van der Waals surface area contributed by atoms with Gasteiger partial charge in [-0.3, -0.25) is 4.79 Å². The zero-order valence-electron chi connectivity index (χ0n) is 18.2. The third kappa shape index (κ3) is 4.47. The van der Waals surface area contributed by atoms with Crippen LogP contribution < -0.4 is 24.3 Å². The summed E-state index contributed by atoms with van der Waals surface area (Å²) in [6, 6.07) is 9.64. The highest BCUT2D eigenvalue weighted by atomic mass is 32.2. The number of carbonyl (C=O) groups excluding carboxylic acids is 1. The molecule has 1 aliphatic heterocycles. The molecule has 1 N–H and O–H groups in total. The molecule has 0 atom stereocenters. The van der Waals surface area contributed by atoms with E-state index in [1.807, 2.05) is 0 Å². The molecule has 32 heavy (non-hydrogen) atoms. The van der Waals surface area contributed by atoms with Gasteiger partial charge in [-0.2, -0.15) is 8.42 Å². The van der Waals surface area contributed by atoms with Gasteiger partial charge in [0.05, 0.1) is 34.2 Å². The number of rotatable bonds is 7. The van der Waals surface area contributed by atoms with Crippen molar-refractivity contribution in [2.75, 3.05) is 40.8 Å². The molecule has 11 heteroatoms. The molecule has 0 fully saturated rings. The minimum atomic E-state index is -4.13. The van der Waals surface area contributed by atoms with Crippen molar-refractivity contribution in [2.45, 2.75) is 0 Å². The lowest BCUT2D eigenvalue weighted by Crippen LogP contribution is -2.35. The van der Waals surface area contributed by atoms with Crippen LogP contribution in [-0.4, -0.2) is 59.8 Å². The van der Waals surface area contributed by atoms with Crippen LogP contribution >= 0.6 is 0 Å². The predicted molar refractivity (Wildman–Crippen MR) is 119 cm³/mol. The lowest BCUT2D eigenvalue weighted by Gasteiger charge is -2.24. The van der Waals surface area contributed by atoms with Crippen LogP contribution in [0.4, 0.5) is 5.69 Å². The summed E-state index contributed by atoms with van der Waals surface area (Å²) in [6.07, 6.45) is 1.39. The molecule has 0 spiro atoms. The Bertz CT molecular complexity index is 1210. The Morgan fingerprint density at radius 3 is 2.03 bits per heavy atom. The Balaban J connectivity index is 1.97. The summed E-state index contributed by atoms with van der Waals surface area (Å²) in [5, 5.41) is 2.67. The van der Waals surface area contributed by atoms with E-state index in [4.69, 9.17) is 18.9 Å². The number of nitrogens with one attached hydrogen (secondary N) is 1. The number of hydrogen-bond donors (Lipinski definition) is 1. The van der Waals surface area contributed by atoms with Crippen molar-refractivity contribution >= 4 is 27.5 Å². The normalized spacial score (nSPS) is 14.7.